The number of hydrogen-bond donors (Lipinski definition) is 2. The average Bonchev–Trinajstić information content (AvgIpc) is 2.86. The molecule has 7 heteroatoms. The van der Waals surface area contributed by atoms with E-state index in [1.807, 2.05) is 6.92 Å². The Bertz CT molecular complexity index is 546. The molecule has 1 atom stereocenters. The monoisotopic (exact) mass is 291 g/mol. The van der Waals surface area contributed by atoms with E-state index in [4.69, 9.17) is 0 Å². The summed E-state index contributed by atoms with van der Waals surface area (Å²) >= 11 is 0. The molecule has 0 saturated carbocycles. The van der Waals surface area contributed by atoms with E-state index in [1.54, 1.807) is 30.3 Å². The van der Waals surface area contributed by atoms with Gasteiger partial charge in [-0.15, -0.1) is 0 Å². The van der Waals surface area contributed by atoms with E-state index in [0.29, 0.717) is 18.7 Å². The lowest BCUT2D eigenvalue weighted by molar-refractivity contribution is -0.139. The van der Waals surface area contributed by atoms with E-state index < -0.39 is 24.1 Å². The van der Waals surface area contributed by atoms with E-state index in [1.165, 1.54) is 4.90 Å². The van der Waals surface area contributed by atoms with Gasteiger partial charge in [0, 0.05) is 19.6 Å². The normalized spacial score (nSPS) is 16.0. The second-order valence-corrected chi connectivity index (χ2v) is 4.65. The molecule has 4 amide bonds. The van der Waals surface area contributed by atoms with Gasteiger partial charge in [0.15, 0.2) is 6.04 Å². The van der Waals surface area contributed by atoms with Crippen LogP contribution in [0.25, 0.3) is 0 Å². The lowest BCUT2D eigenvalue weighted by Gasteiger charge is -2.20. The lowest BCUT2D eigenvalue weighted by Crippen LogP contribution is -2.45. The predicted molar refractivity (Wildman–Crippen MR) is 74.7 cm³/mol. The maximum atomic E-state index is 12.1. The standard InChI is InChI=1S/C14H17N3O4/c1-2-16-8-9-17(14(16)21)13(20)15-11(12(18)19)10-6-4-3-5-7-10/h3-7,11H,2,8-9H2,1H3,(H,15,20)(H,18,19). The number of hydrogen-bond acceptors (Lipinski definition) is 3. The summed E-state index contributed by atoms with van der Waals surface area (Å²) in [6, 6.07) is 6.11. The van der Waals surface area contributed by atoms with Crippen LogP contribution in [0.3, 0.4) is 0 Å². The summed E-state index contributed by atoms with van der Waals surface area (Å²) in [5.41, 5.74) is 0.456. The van der Waals surface area contributed by atoms with E-state index >= 15 is 0 Å². The van der Waals surface area contributed by atoms with Crippen LogP contribution in [-0.2, 0) is 4.79 Å². The van der Waals surface area contributed by atoms with Gasteiger partial charge < -0.3 is 15.3 Å². The van der Waals surface area contributed by atoms with Crippen LogP contribution < -0.4 is 5.32 Å². The largest absolute Gasteiger partial charge is 0.479 e. The molecule has 112 valence electrons. The van der Waals surface area contributed by atoms with Crippen molar-refractivity contribution in [3.8, 4) is 0 Å². The number of nitrogens with one attached hydrogen (secondary N) is 1. The summed E-state index contributed by atoms with van der Waals surface area (Å²) in [4.78, 5) is 37.9. The van der Waals surface area contributed by atoms with Gasteiger partial charge in [0.05, 0.1) is 0 Å². The summed E-state index contributed by atoms with van der Waals surface area (Å²) < 4.78 is 0. The molecule has 1 heterocycles. The number of benzene rings is 1. The lowest BCUT2D eigenvalue weighted by atomic mass is 10.1. The SMILES string of the molecule is CCN1CCN(C(=O)NC(C(=O)O)c2ccccc2)C1=O. The molecule has 0 aliphatic carbocycles. The molecule has 21 heavy (non-hydrogen) atoms. The molecule has 0 aromatic heterocycles. The number of rotatable bonds is 4. The number of aliphatic carboxylic acids is 1. The molecule has 1 fully saturated rings. The smallest absolute Gasteiger partial charge is 0.330 e. The van der Waals surface area contributed by atoms with Crippen LogP contribution in [0.15, 0.2) is 30.3 Å². The Hall–Kier alpha value is -2.57. The second kappa shape index (κ2) is 6.25. The summed E-state index contributed by atoms with van der Waals surface area (Å²) in [5.74, 6) is -1.17. The third-order valence-electron chi connectivity index (χ3n) is 3.37. The molecule has 0 bridgehead atoms. The molecule has 0 spiro atoms. The van der Waals surface area contributed by atoms with Gasteiger partial charge >= 0.3 is 18.0 Å². The van der Waals surface area contributed by atoms with Gasteiger partial charge in [-0.25, -0.2) is 19.3 Å². The zero-order valence-electron chi connectivity index (χ0n) is 11.7. The first kappa shape index (κ1) is 14.8. The van der Waals surface area contributed by atoms with Gasteiger partial charge in [0.2, 0.25) is 0 Å². The van der Waals surface area contributed by atoms with Crippen molar-refractivity contribution in [2.75, 3.05) is 19.6 Å². The minimum absolute atomic E-state index is 0.264. The molecular formula is C14H17N3O4. The molecular weight excluding hydrogens is 274 g/mol. The molecule has 1 saturated heterocycles. The highest BCUT2D eigenvalue weighted by Crippen LogP contribution is 2.15. The van der Waals surface area contributed by atoms with Crippen LogP contribution in [0.4, 0.5) is 9.59 Å². The fourth-order valence-electron chi connectivity index (χ4n) is 2.20. The third-order valence-corrected chi connectivity index (χ3v) is 3.37. The highest BCUT2D eigenvalue weighted by molar-refractivity contribution is 5.96. The van der Waals surface area contributed by atoms with Crippen LogP contribution in [-0.4, -0.2) is 52.6 Å². The van der Waals surface area contributed by atoms with Crippen molar-refractivity contribution < 1.29 is 19.5 Å². The number of amides is 4. The fourth-order valence-corrected chi connectivity index (χ4v) is 2.20. The summed E-state index contributed by atoms with van der Waals surface area (Å²) in [6.45, 7) is 3.07. The average molecular weight is 291 g/mol. The topological polar surface area (TPSA) is 89.9 Å². The molecule has 1 aromatic carbocycles. The molecule has 1 aromatic rings. The minimum Gasteiger partial charge on any atom is -0.479 e. The van der Waals surface area contributed by atoms with Crippen LogP contribution in [0.2, 0.25) is 0 Å². The third kappa shape index (κ3) is 3.13. The Labute approximate surface area is 122 Å². The number of urea groups is 2. The number of carbonyl (C=O) groups is 3. The molecule has 2 N–H and O–H groups in total. The minimum atomic E-state index is -1.18. The van der Waals surface area contributed by atoms with E-state index in [0.717, 1.165) is 4.90 Å². The second-order valence-electron chi connectivity index (χ2n) is 4.65. The van der Waals surface area contributed by atoms with Gasteiger partial charge in [-0.3, -0.25) is 0 Å². The van der Waals surface area contributed by atoms with Crippen molar-refractivity contribution in [3.05, 3.63) is 35.9 Å². The summed E-state index contributed by atoms with van der Waals surface area (Å²) in [7, 11) is 0. The first-order valence-corrected chi connectivity index (χ1v) is 6.69. The summed E-state index contributed by atoms with van der Waals surface area (Å²) in [6.07, 6.45) is 0. The fraction of sp³-hybridized carbons (Fsp3) is 0.357. The molecule has 1 aliphatic rings. The highest BCUT2D eigenvalue weighted by Gasteiger charge is 2.34. The number of carboxylic acid groups (broad SMARTS) is 1. The Morgan fingerprint density at radius 2 is 1.95 bits per heavy atom. The van der Waals surface area contributed by atoms with E-state index in [-0.39, 0.29) is 6.54 Å². The van der Waals surface area contributed by atoms with E-state index in [9.17, 15) is 19.5 Å². The molecule has 1 aliphatic heterocycles. The Morgan fingerprint density at radius 3 is 2.48 bits per heavy atom. The van der Waals surface area contributed by atoms with Crippen LogP contribution in [0.1, 0.15) is 18.5 Å². The number of imide groups is 1. The number of carbonyl (C=O) groups excluding carboxylic acids is 2. The molecule has 2 rings (SSSR count). The first-order chi connectivity index (χ1) is 10.0. The van der Waals surface area contributed by atoms with Crippen LogP contribution in [0.5, 0.6) is 0 Å². The Kier molecular flexibility index (Phi) is 4.42. The van der Waals surface area contributed by atoms with Crippen LogP contribution >= 0.6 is 0 Å². The molecule has 7 nitrogen and oxygen atoms in total. The van der Waals surface area contributed by atoms with Crippen LogP contribution in [0, 0.1) is 0 Å². The summed E-state index contributed by atoms with van der Waals surface area (Å²) in [5, 5.41) is 11.6. The van der Waals surface area contributed by atoms with E-state index in [2.05, 4.69) is 5.32 Å². The number of nitrogens with zero attached hydrogens (tertiary/aromatic N) is 2. The highest BCUT2D eigenvalue weighted by atomic mass is 16.4. The van der Waals surface area contributed by atoms with Crippen molar-refractivity contribution >= 4 is 18.0 Å². The van der Waals surface area contributed by atoms with Gasteiger partial charge in [-0.1, -0.05) is 30.3 Å². The van der Waals surface area contributed by atoms with Crippen molar-refractivity contribution in [3.63, 3.8) is 0 Å². The zero-order valence-corrected chi connectivity index (χ0v) is 11.7. The van der Waals surface area contributed by atoms with Gasteiger partial charge in [0.1, 0.15) is 0 Å². The Balaban J connectivity index is 2.10. The predicted octanol–water partition coefficient (Wildman–Crippen LogP) is 1.28. The number of carboxylic acids is 1. The zero-order chi connectivity index (χ0) is 15.4. The quantitative estimate of drug-likeness (QED) is 0.874. The Morgan fingerprint density at radius 1 is 1.29 bits per heavy atom. The maximum Gasteiger partial charge on any atom is 0.330 e. The molecule has 0 radical (unpaired) electrons. The van der Waals surface area contributed by atoms with Crippen molar-refractivity contribution in [2.45, 2.75) is 13.0 Å². The first-order valence-electron chi connectivity index (χ1n) is 6.69. The maximum absolute atomic E-state index is 12.1. The van der Waals surface area contributed by atoms with Crippen molar-refractivity contribution in [2.24, 2.45) is 0 Å². The number of likely N-dealkylation sites (N-methyl/N-ethyl adjacent to an activating group) is 1. The van der Waals surface area contributed by atoms with Crippen molar-refractivity contribution in [1.82, 2.24) is 15.1 Å². The van der Waals surface area contributed by atoms with Gasteiger partial charge in [-0.2, -0.15) is 0 Å². The van der Waals surface area contributed by atoms with Gasteiger partial charge in [0.25, 0.3) is 0 Å². The molecule has 1 unspecified atom stereocenters. The van der Waals surface area contributed by atoms with Gasteiger partial charge in [-0.05, 0) is 12.5 Å². The van der Waals surface area contributed by atoms with Crippen molar-refractivity contribution in [1.29, 1.82) is 0 Å².